The van der Waals surface area contributed by atoms with Gasteiger partial charge in [0, 0.05) is 18.0 Å². The summed E-state index contributed by atoms with van der Waals surface area (Å²) < 4.78 is 0. The molecule has 2 aromatic heterocycles. The Morgan fingerprint density at radius 1 is 1.28 bits per heavy atom. The van der Waals surface area contributed by atoms with Crippen molar-refractivity contribution in [1.29, 1.82) is 0 Å². The van der Waals surface area contributed by atoms with E-state index in [1.807, 2.05) is 32.2 Å². The first-order valence-electron chi connectivity index (χ1n) is 5.73. The Balaban J connectivity index is 2.49. The quantitative estimate of drug-likeness (QED) is 0.557. The van der Waals surface area contributed by atoms with E-state index in [0.717, 1.165) is 22.4 Å². The summed E-state index contributed by atoms with van der Waals surface area (Å²) in [4.78, 5) is 8.52. The lowest BCUT2D eigenvalue weighted by molar-refractivity contribution is 0.616. The Morgan fingerprint density at radius 3 is 2.67 bits per heavy atom. The SMILES string of the molecule is Cc1cnc(C(NN)c2cccnc2N)c(C)c1. The second kappa shape index (κ2) is 5.12. The molecule has 2 aromatic rings. The Labute approximate surface area is 106 Å². The Morgan fingerprint density at radius 2 is 2.06 bits per heavy atom. The van der Waals surface area contributed by atoms with E-state index in [1.165, 1.54) is 0 Å². The fraction of sp³-hybridized carbons (Fsp3) is 0.231. The second-order valence-electron chi connectivity index (χ2n) is 4.29. The standard InChI is InChI=1S/C13H17N5/c1-8-6-9(2)11(17-7-8)12(18-15)10-4-3-5-16-13(10)14/h3-7,12,18H,15H2,1-2H3,(H2,14,16). The molecule has 5 nitrogen and oxygen atoms in total. The highest BCUT2D eigenvalue weighted by Gasteiger charge is 2.18. The van der Waals surface area contributed by atoms with Gasteiger partial charge in [-0.3, -0.25) is 10.8 Å². The van der Waals surface area contributed by atoms with Crippen molar-refractivity contribution < 1.29 is 0 Å². The highest BCUT2D eigenvalue weighted by molar-refractivity contribution is 5.45. The van der Waals surface area contributed by atoms with Gasteiger partial charge in [0.25, 0.3) is 0 Å². The van der Waals surface area contributed by atoms with Gasteiger partial charge in [0.1, 0.15) is 5.82 Å². The predicted molar refractivity (Wildman–Crippen MR) is 71.5 cm³/mol. The van der Waals surface area contributed by atoms with Crippen molar-refractivity contribution in [2.75, 3.05) is 5.73 Å². The van der Waals surface area contributed by atoms with Crippen LogP contribution in [0.15, 0.2) is 30.6 Å². The Kier molecular flexibility index (Phi) is 3.55. The van der Waals surface area contributed by atoms with Gasteiger partial charge in [-0.05, 0) is 31.0 Å². The minimum atomic E-state index is -0.251. The molecule has 0 aromatic carbocycles. The van der Waals surface area contributed by atoms with Gasteiger partial charge >= 0.3 is 0 Å². The van der Waals surface area contributed by atoms with E-state index in [9.17, 15) is 0 Å². The lowest BCUT2D eigenvalue weighted by atomic mass is 10.0. The molecule has 2 rings (SSSR count). The fourth-order valence-electron chi connectivity index (χ4n) is 2.02. The average molecular weight is 243 g/mol. The number of nitrogens with two attached hydrogens (primary N) is 2. The van der Waals surface area contributed by atoms with Gasteiger partial charge in [0.15, 0.2) is 0 Å². The van der Waals surface area contributed by atoms with Crippen molar-refractivity contribution in [2.24, 2.45) is 5.84 Å². The summed E-state index contributed by atoms with van der Waals surface area (Å²) in [7, 11) is 0. The number of hydrazine groups is 1. The van der Waals surface area contributed by atoms with E-state index in [0.29, 0.717) is 5.82 Å². The zero-order chi connectivity index (χ0) is 13.1. The summed E-state index contributed by atoms with van der Waals surface area (Å²) in [5.41, 5.74) is 12.5. The van der Waals surface area contributed by atoms with Crippen molar-refractivity contribution >= 4 is 5.82 Å². The summed E-state index contributed by atoms with van der Waals surface area (Å²) in [6.45, 7) is 4.01. The molecule has 0 spiro atoms. The topological polar surface area (TPSA) is 89.8 Å². The van der Waals surface area contributed by atoms with Crippen molar-refractivity contribution in [3.05, 3.63) is 53.0 Å². The molecular weight excluding hydrogens is 226 g/mol. The molecule has 0 fully saturated rings. The first kappa shape index (κ1) is 12.5. The molecule has 94 valence electrons. The largest absolute Gasteiger partial charge is 0.383 e. The van der Waals surface area contributed by atoms with Crippen molar-refractivity contribution in [3.63, 3.8) is 0 Å². The third-order valence-corrected chi connectivity index (χ3v) is 2.88. The van der Waals surface area contributed by atoms with Crippen LogP contribution in [0, 0.1) is 13.8 Å². The first-order chi connectivity index (χ1) is 8.63. The first-order valence-corrected chi connectivity index (χ1v) is 5.73. The maximum Gasteiger partial charge on any atom is 0.128 e. The summed E-state index contributed by atoms with van der Waals surface area (Å²) >= 11 is 0. The molecule has 5 N–H and O–H groups in total. The molecule has 2 heterocycles. The Hall–Kier alpha value is -1.98. The molecule has 5 heteroatoms. The lowest BCUT2D eigenvalue weighted by Crippen LogP contribution is -2.31. The van der Waals surface area contributed by atoms with E-state index in [2.05, 4.69) is 21.5 Å². The maximum absolute atomic E-state index is 5.88. The normalized spacial score (nSPS) is 12.4. The third-order valence-electron chi connectivity index (χ3n) is 2.88. The number of aryl methyl sites for hydroxylation is 2. The molecule has 0 radical (unpaired) electrons. The van der Waals surface area contributed by atoms with Gasteiger partial charge in [0.2, 0.25) is 0 Å². The van der Waals surface area contributed by atoms with Crippen LogP contribution in [0.3, 0.4) is 0 Å². The van der Waals surface area contributed by atoms with Crippen LogP contribution in [0.2, 0.25) is 0 Å². The summed E-state index contributed by atoms with van der Waals surface area (Å²) in [6, 6.07) is 5.55. The molecule has 0 bridgehead atoms. The smallest absolute Gasteiger partial charge is 0.128 e. The van der Waals surface area contributed by atoms with Crippen molar-refractivity contribution in [2.45, 2.75) is 19.9 Å². The summed E-state index contributed by atoms with van der Waals surface area (Å²) in [5.74, 6) is 6.10. The van der Waals surface area contributed by atoms with Crippen LogP contribution in [0.25, 0.3) is 0 Å². The molecule has 0 amide bonds. The number of nitrogen functional groups attached to an aromatic ring is 1. The summed E-state index contributed by atoms with van der Waals surface area (Å²) in [6.07, 6.45) is 3.47. The number of anilines is 1. The van der Waals surface area contributed by atoms with Gasteiger partial charge in [-0.1, -0.05) is 12.1 Å². The molecule has 1 unspecified atom stereocenters. The monoisotopic (exact) mass is 243 g/mol. The van der Waals surface area contributed by atoms with Crippen LogP contribution >= 0.6 is 0 Å². The van der Waals surface area contributed by atoms with E-state index >= 15 is 0 Å². The van der Waals surface area contributed by atoms with Gasteiger partial charge < -0.3 is 5.73 Å². The fourth-order valence-corrected chi connectivity index (χ4v) is 2.02. The predicted octanol–water partition coefficient (Wildman–Crippen LogP) is 1.23. The molecule has 0 saturated carbocycles. The van der Waals surface area contributed by atoms with Crippen molar-refractivity contribution in [3.8, 4) is 0 Å². The van der Waals surface area contributed by atoms with Gasteiger partial charge in [0.05, 0.1) is 11.7 Å². The van der Waals surface area contributed by atoms with Crippen LogP contribution in [-0.2, 0) is 0 Å². The van der Waals surface area contributed by atoms with Gasteiger partial charge in [-0.2, -0.15) is 0 Å². The number of pyridine rings is 2. The average Bonchev–Trinajstić information content (AvgIpc) is 2.34. The van der Waals surface area contributed by atoms with Gasteiger partial charge in [-0.25, -0.2) is 10.4 Å². The van der Waals surface area contributed by atoms with Gasteiger partial charge in [-0.15, -0.1) is 0 Å². The second-order valence-corrected chi connectivity index (χ2v) is 4.29. The van der Waals surface area contributed by atoms with Crippen LogP contribution in [0.1, 0.15) is 28.4 Å². The van der Waals surface area contributed by atoms with E-state index in [-0.39, 0.29) is 6.04 Å². The van der Waals surface area contributed by atoms with Crippen LogP contribution in [-0.4, -0.2) is 9.97 Å². The maximum atomic E-state index is 5.88. The Bertz CT molecular complexity index is 553. The zero-order valence-corrected chi connectivity index (χ0v) is 10.5. The molecule has 0 aliphatic rings. The number of aromatic nitrogens is 2. The number of nitrogens with zero attached hydrogens (tertiary/aromatic N) is 2. The molecule has 18 heavy (non-hydrogen) atoms. The van der Waals surface area contributed by atoms with E-state index in [1.54, 1.807) is 6.20 Å². The third kappa shape index (κ3) is 2.32. The molecule has 0 aliphatic carbocycles. The number of nitrogens with one attached hydrogen (secondary N) is 1. The van der Waals surface area contributed by atoms with Crippen LogP contribution in [0.5, 0.6) is 0 Å². The number of hydrogen-bond acceptors (Lipinski definition) is 5. The van der Waals surface area contributed by atoms with E-state index in [4.69, 9.17) is 11.6 Å². The minimum absolute atomic E-state index is 0.251. The molecule has 1 atom stereocenters. The highest BCUT2D eigenvalue weighted by Crippen LogP contribution is 2.25. The van der Waals surface area contributed by atoms with E-state index < -0.39 is 0 Å². The number of hydrogen-bond donors (Lipinski definition) is 3. The number of rotatable bonds is 3. The summed E-state index contributed by atoms with van der Waals surface area (Å²) in [5, 5.41) is 0. The van der Waals surface area contributed by atoms with Crippen molar-refractivity contribution in [1.82, 2.24) is 15.4 Å². The highest BCUT2D eigenvalue weighted by atomic mass is 15.2. The minimum Gasteiger partial charge on any atom is -0.383 e. The molecular formula is C13H17N5. The molecule has 0 saturated heterocycles. The zero-order valence-electron chi connectivity index (χ0n) is 10.5. The molecule has 0 aliphatic heterocycles. The van der Waals surface area contributed by atoms with Crippen LogP contribution in [0.4, 0.5) is 5.82 Å². The van der Waals surface area contributed by atoms with Crippen LogP contribution < -0.4 is 17.0 Å². The lowest BCUT2D eigenvalue weighted by Gasteiger charge is -2.19.